The van der Waals surface area contributed by atoms with Gasteiger partial charge in [0.2, 0.25) is 0 Å². The van der Waals surface area contributed by atoms with E-state index >= 15 is 0 Å². The minimum Gasteiger partial charge on any atom is -0.336 e. The van der Waals surface area contributed by atoms with Gasteiger partial charge in [0.1, 0.15) is 0 Å². The topological polar surface area (TPSA) is 20.7 Å². The SMILES string of the molecule is Cc1cccc(Cl)c1-n1c(-c2ccccc2)c[nH]c1=S. The minimum absolute atomic E-state index is 0.639. The summed E-state index contributed by atoms with van der Waals surface area (Å²) in [5.41, 5.74) is 4.12. The van der Waals surface area contributed by atoms with Gasteiger partial charge in [0.05, 0.1) is 16.4 Å². The molecule has 1 N–H and O–H groups in total. The van der Waals surface area contributed by atoms with Crippen LogP contribution >= 0.6 is 23.8 Å². The molecule has 100 valence electrons. The van der Waals surface area contributed by atoms with E-state index in [0.29, 0.717) is 9.79 Å². The van der Waals surface area contributed by atoms with Gasteiger partial charge in [0.25, 0.3) is 0 Å². The van der Waals surface area contributed by atoms with Gasteiger partial charge in [0, 0.05) is 11.8 Å². The summed E-state index contributed by atoms with van der Waals surface area (Å²) in [5, 5.41) is 0.692. The fraction of sp³-hybridized carbons (Fsp3) is 0.0625. The molecule has 0 fully saturated rings. The molecule has 3 rings (SSSR count). The van der Waals surface area contributed by atoms with Gasteiger partial charge in [-0.15, -0.1) is 0 Å². The highest BCUT2D eigenvalue weighted by atomic mass is 35.5. The van der Waals surface area contributed by atoms with Gasteiger partial charge in [0.15, 0.2) is 4.77 Å². The molecule has 1 aromatic heterocycles. The van der Waals surface area contributed by atoms with Crippen molar-refractivity contribution in [1.29, 1.82) is 0 Å². The summed E-state index contributed by atoms with van der Waals surface area (Å²) in [5.74, 6) is 0. The van der Waals surface area contributed by atoms with Gasteiger partial charge in [-0.1, -0.05) is 54.1 Å². The number of aryl methyl sites for hydroxylation is 1. The Hall–Kier alpha value is -1.84. The number of para-hydroxylation sites is 1. The van der Waals surface area contributed by atoms with Gasteiger partial charge < -0.3 is 4.98 Å². The van der Waals surface area contributed by atoms with Gasteiger partial charge in [-0.25, -0.2) is 0 Å². The number of imidazole rings is 1. The van der Waals surface area contributed by atoms with Gasteiger partial charge in [-0.2, -0.15) is 0 Å². The Bertz CT molecular complexity index is 783. The molecule has 0 atom stereocenters. The summed E-state index contributed by atoms with van der Waals surface area (Å²) in [6.07, 6.45) is 1.92. The second-order valence-electron chi connectivity index (χ2n) is 4.59. The third-order valence-corrected chi connectivity index (χ3v) is 3.86. The van der Waals surface area contributed by atoms with Crippen LogP contribution in [0.5, 0.6) is 0 Å². The summed E-state index contributed by atoms with van der Waals surface area (Å²) < 4.78 is 2.63. The molecule has 0 spiro atoms. The van der Waals surface area contributed by atoms with Crippen molar-refractivity contribution in [3.63, 3.8) is 0 Å². The van der Waals surface area contributed by atoms with Crippen LogP contribution in [0.4, 0.5) is 0 Å². The maximum absolute atomic E-state index is 6.37. The number of hydrogen-bond donors (Lipinski definition) is 1. The minimum atomic E-state index is 0.639. The predicted molar refractivity (Wildman–Crippen MR) is 86.1 cm³/mol. The largest absolute Gasteiger partial charge is 0.336 e. The first-order valence-corrected chi connectivity index (χ1v) is 7.08. The van der Waals surface area contributed by atoms with Crippen LogP contribution in [-0.2, 0) is 0 Å². The van der Waals surface area contributed by atoms with Crippen LogP contribution in [0.15, 0.2) is 54.7 Å². The van der Waals surface area contributed by atoms with E-state index < -0.39 is 0 Å². The molecule has 0 aliphatic carbocycles. The number of aromatic nitrogens is 2. The number of halogens is 1. The lowest BCUT2D eigenvalue weighted by molar-refractivity contribution is 1.02. The second-order valence-corrected chi connectivity index (χ2v) is 5.38. The Balaban J connectivity index is 2.31. The normalized spacial score (nSPS) is 10.7. The average molecular weight is 301 g/mol. The molecule has 0 saturated carbocycles. The average Bonchev–Trinajstić information content (AvgIpc) is 2.82. The standard InChI is InChI=1S/C16H13ClN2S/c1-11-6-5-9-13(17)15(11)19-14(10-18-16(19)20)12-7-3-2-4-8-12/h2-10H,1H3,(H,18,20). The molecule has 20 heavy (non-hydrogen) atoms. The summed E-state index contributed by atoms with van der Waals surface area (Å²) in [6.45, 7) is 2.03. The van der Waals surface area contributed by atoms with Crippen molar-refractivity contribution in [2.24, 2.45) is 0 Å². The molecule has 3 aromatic rings. The van der Waals surface area contributed by atoms with Crippen LogP contribution in [0.3, 0.4) is 0 Å². The monoisotopic (exact) mass is 300 g/mol. The van der Waals surface area contributed by atoms with E-state index in [2.05, 4.69) is 17.1 Å². The molecule has 2 nitrogen and oxygen atoms in total. The van der Waals surface area contributed by atoms with E-state index in [1.54, 1.807) is 0 Å². The van der Waals surface area contributed by atoms with Crippen molar-refractivity contribution in [3.8, 4) is 16.9 Å². The Labute approximate surface area is 127 Å². The zero-order valence-corrected chi connectivity index (χ0v) is 12.5. The molecule has 4 heteroatoms. The van der Waals surface area contributed by atoms with Gasteiger partial charge in [-0.05, 0) is 30.8 Å². The fourth-order valence-electron chi connectivity index (χ4n) is 2.32. The fourth-order valence-corrected chi connectivity index (χ4v) is 2.87. The number of hydrogen-bond acceptors (Lipinski definition) is 1. The predicted octanol–water partition coefficient (Wildman–Crippen LogP) is 5.16. The molecule has 0 aliphatic rings. The summed E-state index contributed by atoms with van der Waals surface area (Å²) >= 11 is 11.8. The van der Waals surface area contributed by atoms with E-state index in [4.69, 9.17) is 23.8 Å². The Morgan fingerprint density at radius 2 is 1.80 bits per heavy atom. The van der Waals surface area contributed by atoms with Crippen molar-refractivity contribution in [2.45, 2.75) is 6.92 Å². The van der Waals surface area contributed by atoms with Crippen LogP contribution in [0.25, 0.3) is 16.9 Å². The second kappa shape index (κ2) is 5.27. The number of aromatic amines is 1. The van der Waals surface area contributed by atoms with Crippen LogP contribution in [-0.4, -0.2) is 9.55 Å². The summed E-state index contributed by atoms with van der Waals surface area (Å²) in [6, 6.07) is 16.0. The Morgan fingerprint density at radius 1 is 1.05 bits per heavy atom. The van der Waals surface area contributed by atoms with Gasteiger partial charge in [-0.3, -0.25) is 4.57 Å². The maximum Gasteiger partial charge on any atom is 0.182 e. The molecule has 1 heterocycles. The third kappa shape index (κ3) is 2.19. The lowest BCUT2D eigenvalue weighted by Gasteiger charge is -2.13. The molecule has 0 unspecified atom stereocenters. The summed E-state index contributed by atoms with van der Waals surface area (Å²) in [7, 11) is 0. The number of H-pyrrole nitrogens is 1. The lowest BCUT2D eigenvalue weighted by atomic mass is 10.1. The van der Waals surface area contributed by atoms with Crippen molar-refractivity contribution < 1.29 is 0 Å². The molecule has 0 aliphatic heterocycles. The first-order chi connectivity index (χ1) is 9.68. The van der Waals surface area contributed by atoms with Crippen LogP contribution in [0.2, 0.25) is 5.02 Å². The quantitative estimate of drug-likeness (QED) is 0.648. The zero-order chi connectivity index (χ0) is 14.1. The molecular formula is C16H13ClN2S. The number of rotatable bonds is 2. The van der Waals surface area contributed by atoms with Crippen molar-refractivity contribution in [1.82, 2.24) is 9.55 Å². The van der Waals surface area contributed by atoms with E-state index in [-0.39, 0.29) is 0 Å². The Kier molecular flexibility index (Phi) is 3.47. The van der Waals surface area contributed by atoms with Crippen molar-refractivity contribution >= 4 is 23.8 Å². The highest BCUT2D eigenvalue weighted by molar-refractivity contribution is 7.71. The highest BCUT2D eigenvalue weighted by Crippen LogP contribution is 2.30. The first-order valence-electron chi connectivity index (χ1n) is 6.30. The zero-order valence-electron chi connectivity index (χ0n) is 10.9. The molecule has 0 saturated heterocycles. The van der Waals surface area contributed by atoms with Gasteiger partial charge >= 0.3 is 0 Å². The molecule has 0 radical (unpaired) electrons. The highest BCUT2D eigenvalue weighted by Gasteiger charge is 2.13. The molecule has 2 aromatic carbocycles. The van der Waals surface area contributed by atoms with Crippen LogP contribution in [0, 0.1) is 11.7 Å². The summed E-state index contributed by atoms with van der Waals surface area (Å²) in [4.78, 5) is 3.11. The van der Waals surface area contributed by atoms with Crippen molar-refractivity contribution in [3.05, 3.63) is 70.1 Å². The van der Waals surface area contributed by atoms with Crippen molar-refractivity contribution in [2.75, 3.05) is 0 Å². The van der Waals surface area contributed by atoms with E-state index in [9.17, 15) is 0 Å². The number of nitrogens with one attached hydrogen (secondary N) is 1. The molecule has 0 bridgehead atoms. The molecule has 0 amide bonds. The molecular weight excluding hydrogens is 288 g/mol. The Morgan fingerprint density at radius 3 is 2.50 bits per heavy atom. The third-order valence-electron chi connectivity index (χ3n) is 3.26. The van der Waals surface area contributed by atoms with E-state index in [1.165, 1.54) is 0 Å². The smallest absolute Gasteiger partial charge is 0.182 e. The van der Waals surface area contributed by atoms with E-state index in [1.807, 2.05) is 54.1 Å². The van der Waals surface area contributed by atoms with Crippen LogP contribution in [0.1, 0.15) is 5.56 Å². The first kappa shape index (κ1) is 13.2. The lowest BCUT2D eigenvalue weighted by Crippen LogP contribution is -2.00. The van der Waals surface area contributed by atoms with E-state index in [0.717, 1.165) is 22.5 Å². The maximum atomic E-state index is 6.37. The number of nitrogens with zero attached hydrogens (tertiary/aromatic N) is 1. The van der Waals surface area contributed by atoms with Crippen LogP contribution < -0.4 is 0 Å². The number of benzene rings is 2.